The highest BCUT2D eigenvalue weighted by Gasteiger charge is 2.53. The maximum Gasteiger partial charge on any atom is 0.501 e. The average molecular weight is 287 g/mol. The van der Waals surface area contributed by atoms with Crippen LogP contribution in [0.15, 0.2) is 12.1 Å². The molecule has 0 bridgehead atoms. The molecule has 0 amide bonds. The zero-order chi connectivity index (χ0) is 14.4. The Morgan fingerprint density at radius 3 is 2.16 bits per heavy atom. The standard InChI is InChI=1S/C13H17BClFO3/c1-12(2)13(3,4)19-14(18-12)11-9(16)6-8(15)7-10(11)17-5/h6-7H,1-5H3. The molecule has 0 unspecified atom stereocenters. The first kappa shape index (κ1) is 14.6. The topological polar surface area (TPSA) is 27.7 Å². The van der Waals surface area contributed by atoms with Gasteiger partial charge in [0, 0.05) is 5.02 Å². The molecule has 1 fully saturated rings. The first-order valence-electron chi connectivity index (χ1n) is 6.06. The summed E-state index contributed by atoms with van der Waals surface area (Å²) < 4.78 is 31.0. The van der Waals surface area contributed by atoms with E-state index in [4.69, 9.17) is 25.6 Å². The van der Waals surface area contributed by atoms with Gasteiger partial charge in [-0.25, -0.2) is 4.39 Å². The Bertz CT molecular complexity index is 489. The quantitative estimate of drug-likeness (QED) is 0.783. The van der Waals surface area contributed by atoms with Crippen LogP contribution in [-0.2, 0) is 9.31 Å². The van der Waals surface area contributed by atoms with Crippen molar-refractivity contribution >= 4 is 24.2 Å². The summed E-state index contributed by atoms with van der Waals surface area (Å²) in [6.45, 7) is 7.64. The third-order valence-electron chi connectivity index (χ3n) is 3.77. The van der Waals surface area contributed by atoms with Gasteiger partial charge in [-0.15, -0.1) is 0 Å². The van der Waals surface area contributed by atoms with Gasteiger partial charge in [-0.3, -0.25) is 0 Å². The summed E-state index contributed by atoms with van der Waals surface area (Å²) in [6.07, 6.45) is 0. The number of rotatable bonds is 2. The van der Waals surface area contributed by atoms with Crippen molar-refractivity contribution in [2.24, 2.45) is 0 Å². The van der Waals surface area contributed by atoms with Crippen molar-refractivity contribution in [1.29, 1.82) is 0 Å². The van der Waals surface area contributed by atoms with E-state index in [0.29, 0.717) is 5.75 Å². The van der Waals surface area contributed by atoms with Crippen LogP contribution in [0.4, 0.5) is 4.39 Å². The Balaban J connectivity index is 2.45. The van der Waals surface area contributed by atoms with Crippen molar-refractivity contribution in [3.8, 4) is 5.75 Å². The lowest BCUT2D eigenvalue weighted by atomic mass is 9.78. The van der Waals surface area contributed by atoms with Crippen LogP contribution in [0.5, 0.6) is 5.75 Å². The van der Waals surface area contributed by atoms with Crippen LogP contribution >= 0.6 is 11.6 Å². The van der Waals surface area contributed by atoms with E-state index in [2.05, 4.69) is 0 Å². The molecular weight excluding hydrogens is 269 g/mol. The van der Waals surface area contributed by atoms with Crippen LogP contribution in [0.2, 0.25) is 5.02 Å². The predicted octanol–water partition coefficient (Wildman–Crippen LogP) is 2.79. The van der Waals surface area contributed by atoms with E-state index in [1.807, 2.05) is 27.7 Å². The molecule has 6 heteroatoms. The first-order valence-corrected chi connectivity index (χ1v) is 6.44. The Hall–Kier alpha value is -0.775. The summed E-state index contributed by atoms with van der Waals surface area (Å²) in [5.41, 5.74) is -0.825. The molecule has 0 saturated carbocycles. The summed E-state index contributed by atoms with van der Waals surface area (Å²) in [4.78, 5) is 0. The van der Waals surface area contributed by atoms with Crippen LogP contribution in [0, 0.1) is 5.82 Å². The second-order valence-corrected chi connectivity index (χ2v) is 6.03. The predicted molar refractivity (Wildman–Crippen MR) is 73.7 cm³/mol. The fourth-order valence-electron chi connectivity index (χ4n) is 1.92. The van der Waals surface area contributed by atoms with Gasteiger partial charge in [0.2, 0.25) is 0 Å². The Kier molecular flexibility index (Phi) is 3.58. The highest BCUT2D eigenvalue weighted by molar-refractivity contribution is 6.63. The molecule has 0 spiro atoms. The molecule has 1 aliphatic heterocycles. The minimum atomic E-state index is -0.808. The normalized spacial score (nSPS) is 20.7. The molecule has 0 N–H and O–H groups in total. The van der Waals surface area contributed by atoms with Gasteiger partial charge in [-0.1, -0.05) is 11.6 Å². The number of methoxy groups -OCH3 is 1. The molecule has 1 aromatic carbocycles. The van der Waals surface area contributed by atoms with E-state index >= 15 is 0 Å². The Morgan fingerprint density at radius 2 is 1.68 bits per heavy atom. The third kappa shape index (κ3) is 2.47. The summed E-state index contributed by atoms with van der Waals surface area (Å²) in [7, 11) is 0.650. The van der Waals surface area contributed by atoms with E-state index in [9.17, 15) is 4.39 Å². The lowest BCUT2D eigenvalue weighted by molar-refractivity contribution is 0.00578. The van der Waals surface area contributed by atoms with E-state index in [1.54, 1.807) is 6.07 Å². The van der Waals surface area contributed by atoms with Crippen molar-refractivity contribution in [3.63, 3.8) is 0 Å². The van der Waals surface area contributed by atoms with Crippen molar-refractivity contribution in [3.05, 3.63) is 23.0 Å². The fourth-order valence-corrected chi connectivity index (χ4v) is 2.11. The molecule has 1 aliphatic rings. The zero-order valence-electron chi connectivity index (χ0n) is 11.7. The molecule has 0 aliphatic carbocycles. The second-order valence-electron chi connectivity index (χ2n) is 5.59. The largest absolute Gasteiger partial charge is 0.501 e. The number of hydrogen-bond donors (Lipinski definition) is 0. The second kappa shape index (κ2) is 4.65. The molecule has 1 saturated heterocycles. The van der Waals surface area contributed by atoms with Crippen LogP contribution < -0.4 is 10.2 Å². The average Bonchev–Trinajstić information content (AvgIpc) is 2.46. The van der Waals surface area contributed by atoms with Crippen LogP contribution in [0.1, 0.15) is 27.7 Å². The van der Waals surface area contributed by atoms with Crippen molar-refractivity contribution < 1.29 is 18.4 Å². The van der Waals surface area contributed by atoms with Gasteiger partial charge in [0.15, 0.2) is 0 Å². The summed E-state index contributed by atoms with van der Waals surface area (Å²) in [5, 5.41) is 0.273. The zero-order valence-corrected chi connectivity index (χ0v) is 12.5. The maximum absolute atomic E-state index is 14.1. The minimum Gasteiger partial charge on any atom is -0.497 e. The van der Waals surface area contributed by atoms with Crippen LogP contribution in [-0.4, -0.2) is 25.4 Å². The smallest absolute Gasteiger partial charge is 0.497 e. The minimum absolute atomic E-state index is 0.241. The monoisotopic (exact) mass is 286 g/mol. The Labute approximate surface area is 118 Å². The highest BCUT2D eigenvalue weighted by Crippen LogP contribution is 2.37. The molecule has 1 heterocycles. The van der Waals surface area contributed by atoms with Crippen LogP contribution in [0.3, 0.4) is 0 Å². The van der Waals surface area contributed by atoms with Crippen molar-refractivity contribution in [1.82, 2.24) is 0 Å². The molecule has 1 aromatic rings. The van der Waals surface area contributed by atoms with E-state index < -0.39 is 24.1 Å². The lowest BCUT2D eigenvalue weighted by Crippen LogP contribution is -2.41. The maximum atomic E-state index is 14.1. The van der Waals surface area contributed by atoms with Gasteiger partial charge < -0.3 is 14.0 Å². The molecule has 3 nitrogen and oxygen atoms in total. The molecule has 0 radical (unpaired) electrons. The van der Waals surface area contributed by atoms with Gasteiger partial charge in [0.05, 0.1) is 23.8 Å². The van der Waals surface area contributed by atoms with Crippen molar-refractivity contribution in [2.45, 2.75) is 38.9 Å². The van der Waals surface area contributed by atoms with Gasteiger partial charge in [0.25, 0.3) is 0 Å². The summed E-state index contributed by atoms with van der Waals surface area (Å²) >= 11 is 5.82. The van der Waals surface area contributed by atoms with E-state index in [0.717, 1.165) is 0 Å². The number of halogens is 2. The number of benzene rings is 1. The fraction of sp³-hybridized carbons (Fsp3) is 0.538. The van der Waals surface area contributed by atoms with Gasteiger partial charge >= 0.3 is 7.12 Å². The van der Waals surface area contributed by atoms with Crippen molar-refractivity contribution in [2.75, 3.05) is 7.11 Å². The molecule has 0 atom stereocenters. The van der Waals surface area contributed by atoms with Gasteiger partial charge in [-0.2, -0.15) is 0 Å². The SMILES string of the molecule is COc1cc(Cl)cc(F)c1B1OC(C)(C)C(C)(C)O1. The van der Waals surface area contributed by atoms with E-state index in [-0.39, 0.29) is 10.5 Å². The molecule has 2 rings (SSSR count). The molecule has 104 valence electrons. The van der Waals surface area contributed by atoms with Gasteiger partial charge in [-0.05, 0) is 39.8 Å². The molecule has 19 heavy (non-hydrogen) atoms. The highest BCUT2D eigenvalue weighted by atomic mass is 35.5. The third-order valence-corrected chi connectivity index (χ3v) is 3.98. The Morgan fingerprint density at radius 1 is 1.16 bits per heavy atom. The number of ether oxygens (including phenoxy) is 1. The first-order chi connectivity index (χ1) is 8.68. The number of hydrogen-bond acceptors (Lipinski definition) is 3. The summed E-state index contributed by atoms with van der Waals surface area (Å²) in [5.74, 6) is -0.175. The van der Waals surface area contributed by atoms with E-state index in [1.165, 1.54) is 13.2 Å². The molecule has 0 aromatic heterocycles. The molecular formula is C13H17BClFO3. The van der Waals surface area contributed by atoms with Crippen LogP contribution in [0.25, 0.3) is 0 Å². The van der Waals surface area contributed by atoms with Gasteiger partial charge in [0.1, 0.15) is 11.6 Å². The lowest BCUT2D eigenvalue weighted by Gasteiger charge is -2.32. The summed E-state index contributed by atoms with van der Waals surface area (Å²) in [6, 6.07) is 2.77.